The van der Waals surface area contributed by atoms with Crippen LogP contribution in [0.1, 0.15) is 30.1 Å². The van der Waals surface area contributed by atoms with Crippen molar-refractivity contribution < 1.29 is 9.53 Å². The fraction of sp³-hybridized carbons (Fsp3) is 0.190. The first-order valence-corrected chi connectivity index (χ1v) is 9.77. The molecule has 0 unspecified atom stereocenters. The Kier molecular flexibility index (Phi) is 5.25. The summed E-state index contributed by atoms with van der Waals surface area (Å²) in [4.78, 5) is 22.8. The van der Waals surface area contributed by atoms with Crippen molar-refractivity contribution in [2.45, 2.75) is 19.0 Å². The van der Waals surface area contributed by atoms with Crippen LogP contribution in [0, 0.1) is 0 Å². The number of halogens is 1. The second-order valence-electron chi connectivity index (χ2n) is 6.53. The number of aromatic nitrogens is 2. The Bertz CT molecular complexity index is 966. The van der Waals surface area contributed by atoms with Crippen LogP contribution in [-0.4, -0.2) is 22.7 Å². The van der Waals surface area contributed by atoms with Crippen molar-refractivity contribution in [2.75, 3.05) is 16.8 Å². The second-order valence-corrected chi connectivity index (χ2v) is 7.45. The molecule has 1 N–H and O–H groups in total. The molecule has 142 valence electrons. The molecule has 1 aliphatic rings. The Morgan fingerprint density at radius 3 is 2.64 bits per heavy atom. The molecule has 1 saturated heterocycles. The lowest BCUT2D eigenvalue weighted by atomic mass is 10.1. The van der Waals surface area contributed by atoms with Gasteiger partial charge in [0, 0.05) is 10.7 Å². The van der Waals surface area contributed by atoms with E-state index in [2.05, 4.69) is 31.2 Å². The maximum atomic E-state index is 12.4. The average Bonchev–Trinajstić information content (AvgIpc) is 3.11. The van der Waals surface area contributed by atoms with Crippen LogP contribution in [0.25, 0.3) is 0 Å². The minimum Gasteiger partial charge on any atom is -0.447 e. The van der Waals surface area contributed by atoms with E-state index >= 15 is 0 Å². The summed E-state index contributed by atoms with van der Waals surface area (Å²) in [7, 11) is 0. The van der Waals surface area contributed by atoms with Crippen LogP contribution >= 0.6 is 15.9 Å². The van der Waals surface area contributed by atoms with E-state index < -0.39 is 6.09 Å². The molecule has 1 aliphatic heterocycles. The topological polar surface area (TPSA) is 67.4 Å². The molecule has 28 heavy (non-hydrogen) atoms. The molecule has 0 bridgehead atoms. The van der Waals surface area contributed by atoms with Gasteiger partial charge in [0.2, 0.25) is 5.95 Å². The number of amides is 1. The highest BCUT2D eigenvalue weighted by Crippen LogP contribution is 2.32. The fourth-order valence-corrected chi connectivity index (χ4v) is 3.44. The van der Waals surface area contributed by atoms with Crippen LogP contribution in [-0.2, 0) is 4.74 Å². The lowest BCUT2D eigenvalue weighted by Gasteiger charge is -2.21. The standard InChI is InChI=1S/C21H19BrN4O2/c1-14(15-7-9-17(22)10-8-15)24-20-23-12-11-19(25-20)26-18(13-28-21(26)27)16-5-3-2-4-6-16/h2-12,14,18H,13H2,1H3,(H,23,24,25)/t14-,18-/m0/s1. The van der Waals surface area contributed by atoms with E-state index in [0.29, 0.717) is 18.4 Å². The van der Waals surface area contributed by atoms with Gasteiger partial charge < -0.3 is 10.1 Å². The Labute approximate surface area is 171 Å². The van der Waals surface area contributed by atoms with E-state index in [1.165, 1.54) is 0 Å². The highest BCUT2D eigenvalue weighted by molar-refractivity contribution is 9.10. The van der Waals surface area contributed by atoms with E-state index in [4.69, 9.17) is 4.74 Å². The number of carbonyl (C=O) groups is 1. The summed E-state index contributed by atoms with van der Waals surface area (Å²) >= 11 is 3.44. The molecule has 2 atom stereocenters. The molecule has 0 radical (unpaired) electrons. The molecule has 0 spiro atoms. The first-order chi connectivity index (χ1) is 13.6. The largest absolute Gasteiger partial charge is 0.447 e. The molecular weight excluding hydrogens is 420 g/mol. The molecule has 4 rings (SSSR count). The lowest BCUT2D eigenvalue weighted by Crippen LogP contribution is -2.28. The van der Waals surface area contributed by atoms with Crippen molar-refractivity contribution in [3.05, 3.63) is 82.5 Å². The third-order valence-electron chi connectivity index (χ3n) is 4.66. The molecule has 2 aromatic carbocycles. The van der Waals surface area contributed by atoms with E-state index in [-0.39, 0.29) is 12.1 Å². The van der Waals surface area contributed by atoms with Crippen LogP contribution < -0.4 is 10.2 Å². The van der Waals surface area contributed by atoms with Crippen molar-refractivity contribution in [3.8, 4) is 0 Å². The SMILES string of the molecule is C[C@H](Nc1nccc(N2C(=O)OC[C@H]2c2ccccc2)n1)c1ccc(Br)cc1. The molecule has 7 heteroatoms. The maximum Gasteiger partial charge on any atom is 0.416 e. The minimum atomic E-state index is -0.403. The van der Waals surface area contributed by atoms with E-state index in [9.17, 15) is 4.79 Å². The number of cyclic esters (lactones) is 1. The Hall–Kier alpha value is -2.93. The van der Waals surface area contributed by atoms with Gasteiger partial charge in [0.1, 0.15) is 18.5 Å². The third-order valence-corrected chi connectivity index (χ3v) is 5.19. The molecule has 3 aromatic rings. The van der Waals surface area contributed by atoms with Gasteiger partial charge in [0.15, 0.2) is 0 Å². The van der Waals surface area contributed by atoms with Crippen LogP contribution in [0.5, 0.6) is 0 Å². The van der Waals surface area contributed by atoms with Crippen LogP contribution in [0.4, 0.5) is 16.6 Å². The quantitative estimate of drug-likeness (QED) is 0.599. The molecule has 1 aromatic heterocycles. The summed E-state index contributed by atoms with van der Waals surface area (Å²) in [6, 6.07) is 19.4. The molecule has 6 nitrogen and oxygen atoms in total. The zero-order valence-electron chi connectivity index (χ0n) is 15.2. The van der Waals surface area contributed by atoms with Gasteiger partial charge in [0.25, 0.3) is 0 Å². The first kappa shape index (κ1) is 18.4. The van der Waals surface area contributed by atoms with Gasteiger partial charge in [-0.05, 0) is 36.2 Å². The number of carbonyl (C=O) groups excluding carboxylic acids is 1. The number of rotatable bonds is 5. The first-order valence-electron chi connectivity index (χ1n) is 8.98. The number of benzene rings is 2. The molecular formula is C21H19BrN4O2. The molecule has 1 amide bonds. The van der Waals surface area contributed by atoms with E-state index in [0.717, 1.165) is 15.6 Å². The van der Waals surface area contributed by atoms with Crippen LogP contribution in [0.3, 0.4) is 0 Å². The number of ether oxygens (including phenoxy) is 1. The molecule has 0 saturated carbocycles. The summed E-state index contributed by atoms with van der Waals surface area (Å²) < 4.78 is 6.32. The summed E-state index contributed by atoms with van der Waals surface area (Å²) in [5, 5.41) is 3.29. The fourth-order valence-electron chi connectivity index (χ4n) is 3.18. The summed E-state index contributed by atoms with van der Waals surface area (Å²) in [6.45, 7) is 2.33. The third kappa shape index (κ3) is 3.84. The van der Waals surface area contributed by atoms with Gasteiger partial charge in [-0.3, -0.25) is 4.90 Å². The number of hydrogen-bond acceptors (Lipinski definition) is 5. The van der Waals surface area contributed by atoms with Gasteiger partial charge in [-0.2, -0.15) is 4.98 Å². The van der Waals surface area contributed by atoms with Gasteiger partial charge in [-0.25, -0.2) is 9.78 Å². The Morgan fingerprint density at radius 1 is 1.14 bits per heavy atom. The number of hydrogen-bond donors (Lipinski definition) is 1. The lowest BCUT2D eigenvalue weighted by molar-refractivity contribution is 0.179. The van der Waals surface area contributed by atoms with Crippen molar-refractivity contribution in [1.82, 2.24) is 9.97 Å². The average molecular weight is 439 g/mol. The summed E-state index contributed by atoms with van der Waals surface area (Å²) in [5.74, 6) is 0.969. The van der Waals surface area contributed by atoms with E-state index in [1.54, 1.807) is 17.2 Å². The van der Waals surface area contributed by atoms with Gasteiger partial charge in [0.05, 0.1) is 6.04 Å². The molecule has 1 fully saturated rings. The summed E-state index contributed by atoms with van der Waals surface area (Å²) in [6.07, 6.45) is 1.24. The van der Waals surface area contributed by atoms with Crippen LogP contribution in [0.2, 0.25) is 0 Å². The number of nitrogens with zero attached hydrogens (tertiary/aromatic N) is 3. The zero-order valence-corrected chi connectivity index (χ0v) is 16.8. The highest BCUT2D eigenvalue weighted by Gasteiger charge is 2.36. The monoisotopic (exact) mass is 438 g/mol. The smallest absolute Gasteiger partial charge is 0.416 e. The molecule has 2 heterocycles. The van der Waals surface area contributed by atoms with Crippen molar-refractivity contribution in [1.29, 1.82) is 0 Å². The van der Waals surface area contributed by atoms with Gasteiger partial charge in [-0.1, -0.05) is 58.4 Å². The second kappa shape index (κ2) is 7.98. The Balaban J connectivity index is 1.57. The predicted molar refractivity (Wildman–Crippen MR) is 111 cm³/mol. The number of anilines is 2. The predicted octanol–water partition coefficient (Wildman–Crippen LogP) is 5.11. The van der Waals surface area contributed by atoms with Crippen molar-refractivity contribution in [3.63, 3.8) is 0 Å². The van der Waals surface area contributed by atoms with Gasteiger partial charge >= 0.3 is 6.09 Å². The van der Waals surface area contributed by atoms with E-state index in [1.807, 2.05) is 61.5 Å². The number of nitrogens with one attached hydrogen (secondary N) is 1. The highest BCUT2D eigenvalue weighted by atomic mass is 79.9. The minimum absolute atomic E-state index is 0.0128. The maximum absolute atomic E-state index is 12.4. The zero-order chi connectivity index (χ0) is 19.5. The molecule has 0 aliphatic carbocycles. The summed E-state index contributed by atoms with van der Waals surface area (Å²) in [5.41, 5.74) is 2.12. The normalized spacial score (nSPS) is 17.3. The van der Waals surface area contributed by atoms with Crippen molar-refractivity contribution >= 4 is 33.8 Å². The van der Waals surface area contributed by atoms with Crippen molar-refractivity contribution in [2.24, 2.45) is 0 Å². The van der Waals surface area contributed by atoms with Crippen LogP contribution in [0.15, 0.2) is 71.3 Å². The Morgan fingerprint density at radius 2 is 1.89 bits per heavy atom. The van der Waals surface area contributed by atoms with Gasteiger partial charge in [-0.15, -0.1) is 0 Å².